The Bertz CT molecular complexity index is 759. The third-order valence-corrected chi connectivity index (χ3v) is 4.89. The Balaban J connectivity index is 1.54. The van der Waals surface area contributed by atoms with E-state index in [1.54, 1.807) is 30.5 Å². The predicted molar refractivity (Wildman–Crippen MR) is 101 cm³/mol. The van der Waals surface area contributed by atoms with Crippen molar-refractivity contribution in [3.05, 3.63) is 65.7 Å². The van der Waals surface area contributed by atoms with E-state index < -0.39 is 0 Å². The van der Waals surface area contributed by atoms with Gasteiger partial charge in [0, 0.05) is 37.3 Å². The van der Waals surface area contributed by atoms with Gasteiger partial charge in [-0.1, -0.05) is 12.1 Å². The van der Waals surface area contributed by atoms with E-state index >= 15 is 0 Å². The van der Waals surface area contributed by atoms with Crippen molar-refractivity contribution in [3.8, 4) is 0 Å². The average Bonchev–Trinajstić information content (AvgIpc) is 3.23. The molecule has 27 heavy (non-hydrogen) atoms. The molecule has 1 amide bonds. The second-order valence-electron chi connectivity index (χ2n) is 6.78. The first kappa shape index (κ1) is 19.2. The van der Waals surface area contributed by atoms with Crippen molar-refractivity contribution < 1.29 is 14.0 Å². The number of hydrogen-bond acceptors (Lipinski definition) is 4. The van der Waals surface area contributed by atoms with E-state index in [0.717, 1.165) is 31.5 Å². The number of carbonyl (C=O) groups is 2. The highest BCUT2D eigenvalue weighted by Crippen LogP contribution is 2.24. The largest absolute Gasteiger partial charge is 0.354 e. The molecule has 0 aliphatic carbocycles. The zero-order valence-electron chi connectivity index (χ0n) is 15.2. The minimum Gasteiger partial charge on any atom is -0.354 e. The molecule has 2 aromatic rings. The maximum Gasteiger partial charge on any atom is 0.220 e. The van der Waals surface area contributed by atoms with Gasteiger partial charge in [0.25, 0.3) is 0 Å². The molecule has 1 aliphatic heterocycles. The number of likely N-dealkylation sites (tertiary alicyclic amines) is 1. The molecule has 5 nitrogen and oxygen atoms in total. The van der Waals surface area contributed by atoms with Crippen molar-refractivity contribution in [2.45, 2.75) is 31.7 Å². The van der Waals surface area contributed by atoms with E-state index in [-0.39, 0.29) is 36.4 Å². The van der Waals surface area contributed by atoms with Crippen molar-refractivity contribution in [1.82, 2.24) is 15.2 Å². The average molecular weight is 369 g/mol. The summed E-state index contributed by atoms with van der Waals surface area (Å²) in [6.45, 7) is 2.39. The van der Waals surface area contributed by atoms with Crippen LogP contribution in [-0.2, 0) is 4.79 Å². The number of halogens is 1. The van der Waals surface area contributed by atoms with Crippen LogP contribution in [-0.4, -0.2) is 41.2 Å². The monoisotopic (exact) mass is 369 g/mol. The van der Waals surface area contributed by atoms with Gasteiger partial charge in [-0.05, 0) is 55.8 Å². The topological polar surface area (TPSA) is 62.3 Å². The van der Waals surface area contributed by atoms with Crippen LogP contribution in [0.25, 0.3) is 0 Å². The molecule has 0 bridgehead atoms. The fraction of sp³-hybridized carbons (Fsp3) is 0.381. The van der Waals surface area contributed by atoms with E-state index in [2.05, 4.69) is 15.2 Å². The Kier molecular flexibility index (Phi) is 6.65. The number of rotatable bonds is 8. The summed E-state index contributed by atoms with van der Waals surface area (Å²) < 4.78 is 13.2. The third-order valence-electron chi connectivity index (χ3n) is 4.89. The number of aromatic nitrogens is 1. The summed E-state index contributed by atoms with van der Waals surface area (Å²) >= 11 is 0. The highest BCUT2D eigenvalue weighted by molar-refractivity contribution is 5.97. The molecule has 1 aliphatic rings. The molecule has 1 aromatic carbocycles. The van der Waals surface area contributed by atoms with Crippen molar-refractivity contribution in [3.63, 3.8) is 0 Å². The molecular formula is C21H24FN3O2. The van der Waals surface area contributed by atoms with Gasteiger partial charge in [-0.3, -0.25) is 19.5 Å². The predicted octanol–water partition coefficient (Wildman–Crippen LogP) is 3.14. The lowest BCUT2D eigenvalue weighted by Crippen LogP contribution is -2.36. The Morgan fingerprint density at radius 2 is 1.85 bits per heavy atom. The van der Waals surface area contributed by atoms with Crippen molar-refractivity contribution in [1.29, 1.82) is 0 Å². The Morgan fingerprint density at radius 3 is 2.52 bits per heavy atom. The number of Topliss-reactive ketones (excluding diaryl/α,β-unsaturated/α-hetero) is 1. The molecule has 2 heterocycles. The molecule has 6 heteroatoms. The number of hydrogen-bond donors (Lipinski definition) is 1. The lowest BCUT2D eigenvalue weighted by atomic mass is 10.0. The molecule has 1 aromatic heterocycles. The van der Waals surface area contributed by atoms with Crippen LogP contribution in [0.3, 0.4) is 0 Å². The van der Waals surface area contributed by atoms with Crippen LogP contribution in [0.2, 0.25) is 0 Å². The Hall–Kier alpha value is -2.60. The summed E-state index contributed by atoms with van der Waals surface area (Å²) in [7, 11) is 0. The smallest absolute Gasteiger partial charge is 0.220 e. The van der Waals surface area contributed by atoms with E-state index in [9.17, 15) is 14.0 Å². The van der Waals surface area contributed by atoms with Crippen LogP contribution < -0.4 is 5.32 Å². The quantitative estimate of drug-likeness (QED) is 0.726. The summed E-state index contributed by atoms with van der Waals surface area (Å²) in [5.74, 6) is -0.511. The van der Waals surface area contributed by atoms with Crippen molar-refractivity contribution >= 4 is 11.7 Å². The summed E-state index contributed by atoms with van der Waals surface area (Å²) in [4.78, 5) is 30.5. The summed E-state index contributed by atoms with van der Waals surface area (Å²) in [6, 6.07) is 9.87. The molecular weight excluding hydrogens is 345 g/mol. The number of amides is 1. The van der Waals surface area contributed by atoms with E-state index in [4.69, 9.17) is 0 Å². The molecule has 1 unspecified atom stereocenters. The van der Waals surface area contributed by atoms with Gasteiger partial charge < -0.3 is 5.32 Å². The van der Waals surface area contributed by atoms with Gasteiger partial charge in [-0.15, -0.1) is 0 Å². The Labute approximate surface area is 158 Å². The van der Waals surface area contributed by atoms with E-state index in [1.807, 2.05) is 0 Å². The van der Waals surface area contributed by atoms with Gasteiger partial charge in [0.15, 0.2) is 5.78 Å². The Morgan fingerprint density at radius 1 is 1.11 bits per heavy atom. The highest BCUT2D eigenvalue weighted by Gasteiger charge is 2.24. The maximum absolute atomic E-state index is 13.2. The van der Waals surface area contributed by atoms with Crippen LogP contribution in [0, 0.1) is 5.82 Å². The van der Waals surface area contributed by atoms with Gasteiger partial charge >= 0.3 is 0 Å². The lowest BCUT2D eigenvalue weighted by Gasteiger charge is -2.28. The number of nitrogens with one attached hydrogen (secondary N) is 1. The number of carbonyl (C=O) groups excluding carboxylic acids is 2. The second-order valence-corrected chi connectivity index (χ2v) is 6.78. The normalized spacial score (nSPS) is 15.4. The number of pyridine rings is 1. The number of nitrogens with zero attached hydrogens (tertiary/aromatic N) is 2. The maximum atomic E-state index is 13.2. The molecule has 0 radical (unpaired) electrons. The summed E-state index contributed by atoms with van der Waals surface area (Å²) in [5.41, 5.74) is 1.51. The molecule has 1 atom stereocenters. The van der Waals surface area contributed by atoms with Crippen LogP contribution >= 0.6 is 0 Å². The zero-order valence-corrected chi connectivity index (χ0v) is 15.2. The van der Waals surface area contributed by atoms with Crippen molar-refractivity contribution in [2.75, 3.05) is 19.6 Å². The molecule has 1 N–H and O–H groups in total. The first-order valence-corrected chi connectivity index (χ1v) is 9.33. The number of benzene rings is 1. The first-order chi connectivity index (χ1) is 13.1. The van der Waals surface area contributed by atoms with Gasteiger partial charge in [0.1, 0.15) is 5.82 Å². The summed E-state index contributed by atoms with van der Waals surface area (Å²) in [5, 5.41) is 2.94. The molecule has 1 fully saturated rings. The summed E-state index contributed by atoms with van der Waals surface area (Å²) in [6.07, 6.45) is 5.68. The van der Waals surface area contributed by atoms with E-state index in [0.29, 0.717) is 12.1 Å². The third kappa shape index (κ3) is 5.44. The minimum absolute atomic E-state index is 0.0195. The molecule has 1 saturated heterocycles. The zero-order chi connectivity index (χ0) is 19.1. The van der Waals surface area contributed by atoms with Gasteiger partial charge in [-0.2, -0.15) is 0 Å². The standard InChI is InChI=1S/C21H24FN3O2/c22-18-7-5-16(6-8-18)19(25-12-1-2-13-25)15-24-21(27)10-9-20(26)17-4-3-11-23-14-17/h3-8,11,14,19H,1-2,9-10,12-13,15H2,(H,24,27). The second kappa shape index (κ2) is 9.37. The fourth-order valence-corrected chi connectivity index (χ4v) is 3.39. The lowest BCUT2D eigenvalue weighted by molar-refractivity contribution is -0.121. The minimum atomic E-state index is -0.267. The molecule has 0 spiro atoms. The number of ketones is 1. The van der Waals surface area contributed by atoms with E-state index in [1.165, 1.54) is 18.3 Å². The van der Waals surface area contributed by atoms with Gasteiger partial charge in [0.2, 0.25) is 5.91 Å². The van der Waals surface area contributed by atoms with Gasteiger partial charge in [0.05, 0.1) is 6.04 Å². The van der Waals surface area contributed by atoms with Crippen molar-refractivity contribution in [2.24, 2.45) is 0 Å². The molecule has 0 saturated carbocycles. The fourth-order valence-electron chi connectivity index (χ4n) is 3.39. The van der Waals surface area contributed by atoms with Gasteiger partial charge in [-0.25, -0.2) is 4.39 Å². The SMILES string of the molecule is O=C(CCC(=O)c1cccnc1)NCC(c1ccc(F)cc1)N1CCCC1. The highest BCUT2D eigenvalue weighted by atomic mass is 19.1. The van der Waals surface area contributed by atoms with Crippen LogP contribution in [0.5, 0.6) is 0 Å². The molecule has 142 valence electrons. The van der Waals surface area contributed by atoms with Crippen LogP contribution in [0.15, 0.2) is 48.8 Å². The van der Waals surface area contributed by atoms with Crippen LogP contribution in [0.4, 0.5) is 4.39 Å². The first-order valence-electron chi connectivity index (χ1n) is 9.33. The van der Waals surface area contributed by atoms with Crippen LogP contribution in [0.1, 0.15) is 47.6 Å². The molecule has 3 rings (SSSR count).